The molecule has 0 saturated heterocycles. The summed E-state index contributed by atoms with van der Waals surface area (Å²) in [7, 11) is 0. The van der Waals surface area contributed by atoms with Crippen LogP contribution in [0.15, 0.2) is 36.4 Å². The molecule has 0 fully saturated rings. The molecular formula is C17H16ClN3OS2. The van der Waals surface area contributed by atoms with Crippen molar-refractivity contribution in [2.45, 2.75) is 19.9 Å². The number of thiazole rings is 1. The first-order valence-corrected chi connectivity index (χ1v) is 9.00. The largest absolute Gasteiger partial charge is 0.506 e. The van der Waals surface area contributed by atoms with Crippen LogP contribution in [0.25, 0.3) is 20.8 Å². The molecule has 0 aliphatic carbocycles. The van der Waals surface area contributed by atoms with Gasteiger partial charge in [0.2, 0.25) is 0 Å². The number of phenolic OH excluding ortho intramolecular Hbond substituents is 1. The highest BCUT2D eigenvalue weighted by Crippen LogP contribution is 2.41. The quantitative estimate of drug-likeness (QED) is 0.442. The molecule has 7 heteroatoms. The summed E-state index contributed by atoms with van der Waals surface area (Å²) in [5.41, 5.74) is 2.17. The van der Waals surface area contributed by atoms with Crippen molar-refractivity contribution in [1.29, 1.82) is 0 Å². The standard InChI is InChI=1S/C17H16ClN3OS2/c1-9(2)19-17(23)20-10-7-11(15(22)12(18)8-10)16-21-13-5-3-4-6-14(13)24-16/h3-9,22H,1-2H3,(H2,19,20,23). The average molecular weight is 378 g/mol. The molecule has 124 valence electrons. The molecule has 1 heterocycles. The summed E-state index contributed by atoms with van der Waals surface area (Å²) in [6, 6.07) is 11.5. The Morgan fingerprint density at radius 3 is 2.75 bits per heavy atom. The van der Waals surface area contributed by atoms with Crippen molar-refractivity contribution in [3.05, 3.63) is 41.4 Å². The summed E-state index contributed by atoms with van der Waals surface area (Å²) >= 11 is 12.9. The molecule has 0 radical (unpaired) electrons. The number of rotatable bonds is 3. The van der Waals surface area contributed by atoms with Gasteiger partial charge in [0.15, 0.2) is 5.11 Å². The Kier molecular flexibility index (Phi) is 4.89. The number of para-hydroxylation sites is 1. The van der Waals surface area contributed by atoms with Crippen LogP contribution in [0.2, 0.25) is 5.02 Å². The number of halogens is 1. The van der Waals surface area contributed by atoms with Gasteiger partial charge < -0.3 is 15.7 Å². The zero-order valence-electron chi connectivity index (χ0n) is 13.1. The lowest BCUT2D eigenvalue weighted by Crippen LogP contribution is -2.33. The predicted octanol–water partition coefficient (Wildman–Crippen LogP) is 5.02. The fraction of sp³-hybridized carbons (Fsp3) is 0.176. The SMILES string of the molecule is CC(C)NC(=S)Nc1cc(Cl)c(O)c(-c2nc3ccccc3s2)c1. The van der Waals surface area contributed by atoms with Crippen LogP contribution < -0.4 is 10.6 Å². The van der Waals surface area contributed by atoms with Gasteiger partial charge in [-0.3, -0.25) is 0 Å². The van der Waals surface area contributed by atoms with Crippen molar-refractivity contribution in [1.82, 2.24) is 10.3 Å². The molecule has 4 nitrogen and oxygen atoms in total. The Labute approximate surface area is 154 Å². The Morgan fingerprint density at radius 1 is 1.29 bits per heavy atom. The maximum Gasteiger partial charge on any atom is 0.170 e. The molecule has 1 aromatic heterocycles. The van der Waals surface area contributed by atoms with E-state index in [9.17, 15) is 5.11 Å². The molecule has 2 aromatic carbocycles. The summed E-state index contributed by atoms with van der Waals surface area (Å²) in [5, 5.41) is 18.0. The van der Waals surface area contributed by atoms with E-state index in [0.29, 0.717) is 21.4 Å². The fourth-order valence-corrected chi connectivity index (χ4v) is 3.81. The van der Waals surface area contributed by atoms with Gasteiger partial charge in [-0.2, -0.15) is 0 Å². The van der Waals surface area contributed by atoms with Crippen LogP contribution >= 0.6 is 35.2 Å². The molecule has 0 atom stereocenters. The van der Waals surface area contributed by atoms with Gasteiger partial charge in [-0.15, -0.1) is 11.3 Å². The number of aromatic hydroxyl groups is 1. The lowest BCUT2D eigenvalue weighted by Gasteiger charge is -2.14. The van der Waals surface area contributed by atoms with Crippen molar-refractivity contribution < 1.29 is 5.11 Å². The Hall–Kier alpha value is -1.89. The molecule has 0 aliphatic rings. The van der Waals surface area contributed by atoms with Crippen LogP contribution in [0, 0.1) is 0 Å². The Bertz CT molecular complexity index is 875. The highest BCUT2D eigenvalue weighted by atomic mass is 35.5. The number of anilines is 1. The molecule has 3 aromatic rings. The molecule has 0 unspecified atom stereocenters. The smallest absolute Gasteiger partial charge is 0.170 e. The van der Waals surface area contributed by atoms with Gasteiger partial charge in [0.25, 0.3) is 0 Å². The number of hydrogen-bond acceptors (Lipinski definition) is 4. The second-order valence-corrected chi connectivity index (χ2v) is 7.44. The third-order valence-electron chi connectivity index (χ3n) is 3.27. The first kappa shape index (κ1) is 17.0. The summed E-state index contributed by atoms with van der Waals surface area (Å²) in [6.45, 7) is 4.01. The van der Waals surface area contributed by atoms with Gasteiger partial charge in [-0.05, 0) is 50.3 Å². The van der Waals surface area contributed by atoms with Gasteiger partial charge in [0.1, 0.15) is 10.8 Å². The maximum absolute atomic E-state index is 10.3. The summed E-state index contributed by atoms with van der Waals surface area (Å²) in [4.78, 5) is 4.58. The van der Waals surface area contributed by atoms with E-state index in [1.807, 2.05) is 38.1 Å². The molecule has 0 saturated carbocycles. The number of benzene rings is 2. The normalized spacial score (nSPS) is 11.0. The van der Waals surface area contributed by atoms with Crippen LogP contribution in [-0.2, 0) is 0 Å². The molecule has 24 heavy (non-hydrogen) atoms. The lowest BCUT2D eigenvalue weighted by molar-refractivity contribution is 0.477. The van der Waals surface area contributed by atoms with Crippen molar-refractivity contribution in [2.75, 3.05) is 5.32 Å². The number of fused-ring (bicyclic) bond motifs is 1. The third-order valence-corrected chi connectivity index (χ3v) is 4.84. The number of nitrogens with one attached hydrogen (secondary N) is 2. The van der Waals surface area contributed by atoms with Crippen molar-refractivity contribution in [3.8, 4) is 16.3 Å². The van der Waals surface area contributed by atoms with E-state index in [4.69, 9.17) is 23.8 Å². The molecule has 0 spiro atoms. The number of aromatic nitrogens is 1. The van der Waals surface area contributed by atoms with Gasteiger partial charge in [-0.25, -0.2) is 4.98 Å². The van der Waals surface area contributed by atoms with Crippen LogP contribution in [0.1, 0.15) is 13.8 Å². The molecule has 0 bridgehead atoms. The minimum Gasteiger partial charge on any atom is -0.506 e. The number of hydrogen-bond donors (Lipinski definition) is 3. The molecule has 0 aliphatic heterocycles. The van der Waals surface area contributed by atoms with Crippen LogP contribution in [0.5, 0.6) is 5.75 Å². The van der Waals surface area contributed by atoms with Crippen molar-refractivity contribution >= 4 is 56.2 Å². The zero-order valence-corrected chi connectivity index (χ0v) is 15.5. The monoisotopic (exact) mass is 377 g/mol. The number of phenols is 1. The van der Waals surface area contributed by atoms with E-state index in [1.165, 1.54) is 11.3 Å². The van der Waals surface area contributed by atoms with E-state index in [1.54, 1.807) is 12.1 Å². The summed E-state index contributed by atoms with van der Waals surface area (Å²) in [5.74, 6) is 0.0176. The van der Waals surface area contributed by atoms with E-state index < -0.39 is 0 Å². The van der Waals surface area contributed by atoms with E-state index in [2.05, 4.69) is 15.6 Å². The van der Waals surface area contributed by atoms with Gasteiger partial charge >= 0.3 is 0 Å². The van der Waals surface area contributed by atoms with Gasteiger partial charge in [-0.1, -0.05) is 23.7 Å². The second-order valence-electron chi connectivity index (χ2n) is 5.59. The minimum atomic E-state index is 0.0176. The Morgan fingerprint density at radius 2 is 2.04 bits per heavy atom. The zero-order chi connectivity index (χ0) is 17.3. The van der Waals surface area contributed by atoms with E-state index >= 15 is 0 Å². The fourth-order valence-electron chi connectivity index (χ4n) is 2.25. The van der Waals surface area contributed by atoms with E-state index in [-0.39, 0.29) is 16.8 Å². The van der Waals surface area contributed by atoms with Crippen molar-refractivity contribution in [2.24, 2.45) is 0 Å². The van der Waals surface area contributed by atoms with E-state index in [0.717, 1.165) is 10.2 Å². The Balaban J connectivity index is 1.99. The average Bonchev–Trinajstić information content (AvgIpc) is 2.93. The topological polar surface area (TPSA) is 57.2 Å². The molecule has 0 amide bonds. The third kappa shape index (κ3) is 3.61. The predicted molar refractivity (Wildman–Crippen MR) is 106 cm³/mol. The summed E-state index contributed by atoms with van der Waals surface area (Å²) in [6.07, 6.45) is 0. The van der Waals surface area contributed by atoms with Crippen LogP contribution in [0.3, 0.4) is 0 Å². The minimum absolute atomic E-state index is 0.0176. The highest BCUT2D eigenvalue weighted by Gasteiger charge is 2.15. The number of nitrogens with zero attached hydrogens (tertiary/aromatic N) is 1. The summed E-state index contributed by atoms with van der Waals surface area (Å²) < 4.78 is 1.05. The maximum atomic E-state index is 10.3. The highest BCUT2D eigenvalue weighted by molar-refractivity contribution is 7.80. The van der Waals surface area contributed by atoms with Gasteiger partial charge in [0, 0.05) is 11.7 Å². The van der Waals surface area contributed by atoms with Crippen LogP contribution in [0.4, 0.5) is 5.69 Å². The van der Waals surface area contributed by atoms with Gasteiger partial charge in [0.05, 0.1) is 20.8 Å². The molecular weight excluding hydrogens is 362 g/mol. The van der Waals surface area contributed by atoms with Crippen molar-refractivity contribution in [3.63, 3.8) is 0 Å². The first-order valence-electron chi connectivity index (χ1n) is 7.40. The second kappa shape index (κ2) is 6.93. The molecule has 3 N–H and O–H groups in total. The first-order chi connectivity index (χ1) is 11.4. The molecule has 3 rings (SSSR count). The lowest BCUT2D eigenvalue weighted by atomic mass is 10.2. The van der Waals surface area contributed by atoms with Crippen LogP contribution in [-0.4, -0.2) is 21.2 Å². The number of thiocarbonyl (C=S) groups is 1.